The topological polar surface area (TPSA) is 114 Å². The van der Waals surface area contributed by atoms with E-state index < -0.39 is 11.9 Å². The number of allylic oxidation sites excluding steroid dienone is 1. The third-order valence-corrected chi connectivity index (χ3v) is 2.69. The van der Waals surface area contributed by atoms with E-state index in [0.717, 1.165) is 11.3 Å². The van der Waals surface area contributed by atoms with Gasteiger partial charge in [-0.2, -0.15) is 0 Å². The molecule has 1 aliphatic heterocycles. The van der Waals surface area contributed by atoms with Gasteiger partial charge < -0.3 is 10.2 Å². The molecule has 0 aliphatic carbocycles. The molecule has 2 rings (SSSR count). The highest BCUT2D eigenvalue weighted by molar-refractivity contribution is 6.69. The molecule has 8 nitrogen and oxygen atoms in total. The van der Waals surface area contributed by atoms with Crippen LogP contribution in [0.4, 0.5) is 5.69 Å². The number of nitrogens with zero attached hydrogens (tertiary/aromatic N) is 2. The largest absolute Gasteiger partial charge is 0.478 e. The van der Waals surface area contributed by atoms with Gasteiger partial charge in [-0.25, -0.2) is 9.59 Å². The van der Waals surface area contributed by atoms with E-state index in [1.54, 1.807) is 0 Å². The molecular formula is C11H8Cl2N4O4. The lowest BCUT2D eigenvalue weighted by atomic mass is 10.1. The summed E-state index contributed by atoms with van der Waals surface area (Å²) in [5.74, 6) is -2.51. The van der Waals surface area contributed by atoms with Crippen LogP contribution in [0.25, 0.3) is 0 Å². The number of hydrazine groups is 2. The van der Waals surface area contributed by atoms with E-state index in [1.165, 1.54) is 18.2 Å². The predicted octanol–water partition coefficient (Wildman–Crippen LogP) is 1.86. The molecule has 0 saturated carbocycles. The van der Waals surface area contributed by atoms with Gasteiger partial charge in [-0.05, 0) is 18.2 Å². The van der Waals surface area contributed by atoms with Gasteiger partial charge in [-0.3, -0.25) is 10.9 Å². The standard InChI is InChI=1S/C11H8Cl2N4O4/c12-8-4-9(13)16-17(15-8)14-7-2-5(10(18)19)1-6(3-7)11(20)21/h1-4,14-15H,(H,18,19)(H,20,21). The van der Waals surface area contributed by atoms with Crippen molar-refractivity contribution in [2.45, 2.75) is 0 Å². The molecule has 21 heavy (non-hydrogen) atoms. The molecule has 10 heteroatoms. The summed E-state index contributed by atoms with van der Waals surface area (Å²) in [5, 5.41) is 23.1. The third-order valence-electron chi connectivity index (χ3n) is 2.32. The SMILES string of the molecule is O=C(O)c1cc(NN2N=C(Cl)C=C(Cl)N2)cc(C(=O)O)c1. The number of carboxylic acids is 2. The van der Waals surface area contributed by atoms with Crippen LogP contribution in [0.15, 0.2) is 34.5 Å². The lowest BCUT2D eigenvalue weighted by molar-refractivity contribution is 0.0696. The Kier molecular flexibility index (Phi) is 4.20. The molecule has 0 amide bonds. The van der Waals surface area contributed by atoms with E-state index in [9.17, 15) is 9.59 Å². The number of nitrogens with one attached hydrogen (secondary N) is 2. The molecule has 0 aromatic heterocycles. The van der Waals surface area contributed by atoms with E-state index in [1.807, 2.05) is 0 Å². The van der Waals surface area contributed by atoms with Crippen LogP contribution in [0, 0.1) is 0 Å². The number of halogens is 2. The quantitative estimate of drug-likeness (QED) is 0.623. The van der Waals surface area contributed by atoms with Gasteiger partial charge in [0.2, 0.25) is 0 Å². The van der Waals surface area contributed by atoms with Crippen LogP contribution in [0.1, 0.15) is 20.7 Å². The van der Waals surface area contributed by atoms with Crippen molar-refractivity contribution < 1.29 is 19.8 Å². The summed E-state index contributed by atoms with van der Waals surface area (Å²) >= 11 is 11.5. The molecule has 4 N–H and O–H groups in total. The maximum absolute atomic E-state index is 11.0. The number of carboxylic acid groups (broad SMARTS) is 2. The normalized spacial score (nSPS) is 13.9. The fraction of sp³-hybridized carbons (Fsp3) is 0. The van der Waals surface area contributed by atoms with Crippen molar-refractivity contribution in [2.24, 2.45) is 5.10 Å². The summed E-state index contributed by atoms with van der Waals surface area (Å²) in [4.78, 5) is 22.0. The van der Waals surface area contributed by atoms with Crippen molar-refractivity contribution in [3.05, 3.63) is 40.6 Å². The Labute approximate surface area is 128 Å². The molecule has 0 spiro atoms. The lowest BCUT2D eigenvalue weighted by Crippen LogP contribution is -2.39. The van der Waals surface area contributed by atoms with E-state index in [0.29, 0.717) is 0 Å². The van der Waals surface area contributed by atoms with E-state index in [4.69, 9.17) is 33.4 Å². The first-order chi connectivity index (χ1) is 9.85. The second kappa shape index (κ2) is 5.90. The van der Waals surface area contributed by atoms with Crippen LogP contribution in [-0.4, -0.2) is 32.5 Å². The molecule has 1 aliphatic rings. The average Bonchev–Trinajstić information content (AvgIpc) is 2.36. The maximum Gasteiger partial charge on any atom is 0.335 e. The molecule has 1 aromatic carbocycles. The summed E-state index contributed by atoms with van der Waals surface area (Å²) in [5.41, 5.74) is 5.01. The van der Waals surface area contributed by atoms with Crippen molar-refractivity contribution in [1.82, 2.24) is 10.7 Å². The Bertz CT molecular complexity index is 642. The molecule has 0 saturated heterocycles. The van der Waals surface area contributed by atoms with Crippen LogP contribution in [0.5, 0.6) is 0 Å². The second-order valence-electron chi connectivity index (χ2n) is 3.86. The van der Waals surface area contributed by atoms with Crippen LogP contribution in [0.2, 0.25) is 0 Å². The van der Waals surface area contributed by atoms with Crippen LogP contribution in [-0.2, 0) is 0 Å². The van der Waals surface area contributed by atoms with E-state index >= 15 is 0 Å². The molecule has 0 atom stereocenters. The summed E-state index contributed by atoms with van der Waals surface area (Å²) in [7, 11) is 0. The minimum Gasteiger partial charge on any atom is -0.478 e. The number of rotatable bonds is 4. The van der Waals surface area contributed by atoms with Crippen molar-refractivity contribution in [2.75, 3.05) is 5.43 Å². The second-order valence-corrected chi connectivity index (χ2v) is 4.65. The highest BCUT2D eigenvalue weighted by Gasteiger charge is 2.14. The molecule has 110 valence electrons. The molecule has 1 aromatic rings. The molecule has 0 radical (unpaired) electrons. The van der Waals surface area contributed by atoms with Crippen LogP contribution >= 0.6 is 23.2 Å². The van der Waals surface area contributed by atoms with Crippen LogP contribution < -0.4 is 10.9 Å². The fourth-order valence-corrected chi connectivity index (χ4v) is 1.93. The minimum absolute atomic E-state index is 0.0825. The van der Waals surface area contributed by atoms with Crippen molar-refractivity contribution in [3.63, 3.8) is 0 Å². The number of hydrogen-bond donors (Lipinski definition) is 4. The number of anilines is 1. The van der Waals surface area contributed by atoms with Gasteiger partial charge in [0.25, 0.3) is 0 Å². The highest BCUT2D eigenvalue weighted by Crippen LogP contribution is 2.17. The Morgan fingerprint density at radius 2 is 1.71 bits per heavy atom. The monoisotopic (exact) mass is 330 g/mol. The number of aromatic carboxylic acids is 2. The van der Waals surface area contributed by atoms with Gasteiger partial charge in [0.15, 0.2) is 5.17 Å². The van der Waals surface area contributed by atoms with Gasteiger partial charge in [0.05, 0.1) is 16.8 Å². The molecule has 0 fully saturated rings. The Morgan fingerprint density at radius 1 is 1.14 bits per heavy atom. The third kappa shape index (κ3) is 3.77. The minimum atomic E-state index is -1.26. The van der Waals surface area contributed by atoms with Crippen molar-refractivity contribution in [3.8, 4) is 0 Å². The maximum atomic E-state index is 11.0. The van der Waals surface area contributed by atoms with Gasteiger partial charge in [-0.15, -0.1) is 10.3 Å². The van der Waals surface area contributed by atoms with Gasteiger partial charge in [-0.1, -0.05) is 23.2 Å². The van der Waals surface area contributed by atoms with E-state index in [2.05, 4.69) is 16.0 Å². The lowest BCUT2D eigenvalue weighted by Gasteiger charge is -2.24. The van der Waals surface area contributed by atoms with Crippen molar-refractivity contribution in [1.29, 1.82) is 0 Å². The summed E-state index contributed by atoms with van der Waals surface area (Å²) in [6.45, 7) is 0. The summed E-state index contributed by atoms with van der Waals surface area (Å²) in [6, 6.07) is 3.53. The first-order valence-corrected chi connectivity index (χ1v) is 6.17. The molecule has 1 heterocycles. The van der Waals surface area contributed by atoms with E-state index in [-0.39, 0.29) is 27.1 Å². The van der Waals surface area contributed by atoms with Crippen molar-refractivity contribution >= 4 is 46.0 Å². The zero-order valence-corrected chi connectivity index (χ0v) is 11.7. The Balaban J connectivity index is 2.30. The van der Waals surface area contributed by atoms with Gasteiger partial charge in [0, 0.05) is 6.08 Å². The zero-order valence-electron chi connectivity index (χ0n) is 10.2. The average molecular weight is 331 g/mol. The number of hydrogen-bond acceptors (Lipinski definition) is 6. The summed E-state index contributed by atoms with van der Waals surface area (Å²) in [6.07, 6.45) is 1.36. The Hall–Kier alpha value is -2.45. The first kappa shape index (κ1) is 14.9. The number of benzene rings is 1. The molecule has 0 unspecified atom stereocenters. The number of hydrazone groups is 1. The zero-order chi connectivity index (χ0) is 15.6. The first-order valence-electron chi connectivity index (χ1n) is 5.41. The fourth-order valence-electron chi connectivity index (χ4n) is 1.50. The van der Waals surface area contributed by atoms with Gasteiger partial charge >= 0.3 is 11.9 Å². The number of carbonyl (C=O) groups is 2. The predicted molar refractivity (Wildman–Crippen MR) is 76.2 cm³/mol. The Morgan fingerprint density at radius 3 is 2.19 bits per heavy atom. The summed E-state index contributed by atoms with van der Waals surface area (Å²) < 4.78 is 0. The smallest absolute Gasteiger partial charge is 0.335 e. The molecular weight excluding hydrogens is 323 g/mol. The molecule has 0 bridgehead atoms. The van der Waals surface area contributed by atoms with Crippen LogP contribution in [0.3, 0.4) is 0 Å². The highest BCUT2D eigenvalue weighted by atomic mass is 35.5. The van der Waals surface area contributed by atoms with Gasteiger partial charge in [0.1, 0.15) is 5.16 Å².